The Balaban J connectivity index is 1.37. The summed E-state index contributed by atoms with van der Waals surface area (Å²) in [4.78, 5) is 72.0. The van der Waals surface area contributed by atoms with E-state index in [1.807, 2.05) is 83.1 Å². The minimum atomic E-state index is -1.20. The predicted molar refractivity (Wildman–Crippen MR) is 201 cm³/mol. The van der Waals surface area contributed by atoms with Crippen LogP contribution >= 0.6 is 0 Å². The Morgan fingerprint density at radius 2 is 1.74 bits per heavy atom. The molecule has 12 nitrogen and oxygen atoms in total. The number of amides is 5. The molecule has 288 valence electrons. The standard InChI is InChI=1S/C41H57N5O7/c1-28-13-15-32-24-31(28)26-42-36(48)33(16-14-29-10-7-6-8-11-29)43-37(49)34(25-35(47)46-20-9-12-30(27-46)17-23-52-32)44-38(50)41(5)18-21-45(22-19-41)39(51)53-40(2,3)4/h6-8,10-11,13,15,24,30,33-34H,9,12,14,16-23,25-27H2,1-5H3,(H,42,48)(H,43,49)(H,44,50)/t30?,33-,34-/m0/s1. The van der Waals surface area contributed by atoms with Gasteiger partial charge in [-0.15, -0.1) is 0 Å². The second-order valence-corrected chi connectivity index (χ2v) is 16.1. The average Bonchev–Trinajstić information content (AvgIpc) is 3.12. The first-order valence-electron chi connectivity index (χ1n) is 19.1. The van der Waals surface area contributed by atoms with Crippen molar-refractivity contribution >= 4 is 29.7 Å². The lowest BCUT2D eigenvalue weighted by Crippen LogP contribution is -2.58. The van der Waals surface area contributed by atoms with Gasteiger partial charge in [-0.3, -0.25) is 19.2 Å². The first-order chi connectivity index (χ1) is 25.2. The second-order valence-electron chi connectivity index (χ2n) is 16.1. The van der Waals surface area contributed by atoms with E-state index in [4.69, 9.17) is 9.47 Å². The molecule has 2 aromatic rings. The Labute approximate surface area is 313 Å². The largest absolute Gasteiger partial charge is 0.494 e. The van der Waals surface area contributed by atoms with Crippen molar-refractivity contribution in [3.8, 4) is 5.75 Å². The van der Waals surface area contributed by atoms with E-state index < -0.39 is 35.1 Å². The number of fused-ring (bicyclic) bond motifs is 4. The van der Waals surface area contributed by atoms with Crippen molar-refractivity contribution in [1.29, 1.82) is 0 Å². The van der Waals surface area contributed by atoms with Crippen molar-refractivity contribution in [3.05, 3.63) is 65.2 Å². The molecule has 3 aliphatic heterocycles. The minimum Gasteiger partial charge on any atom is -0.494 e. The molecule has 3 N–H and O–H groups in total. The molecule has 0 spiro atoms. The van der Waals surface area contributed by atoms with E-state index in [1.54, 1.807) is 9.80 Å². The fraction of sp³-hybridized carbons (Fsp3) is 0.585. The van der Waals surface area contributed by atoms with Crippen LogP contribution in [0.1, 0.15) is 89.3 Å². The van der Waals surface area contributed by atoms with E-state index in [9.17, 15) is 24.0 Å². The first kappa shape index (κ1) is 39.6. The highest BCUT2D eigenvalue weighted by Gasteiger charge is 2.41. The number of likely N-dealkylation sites (tertiary alicyclic amines) is 1. The van der Waals surface area contributed by atoms with E-state index in [-0.39, 0.29) is 36.6 Å². The zero-order valence-corrected chi connectivity index (χ0v) is 32.0. The maximum Gasteiger partial charge on any atom is 0.410 e. The number of carbonyl (C=O) groups excluding carboxylic acids is 5. The van der Waals surface area contributed by atoms with Gasteiger partial charge < -0.3 is 35.2 Å². The van der Waals surface area contributed by atoms with E-state index in [2.05, 4.69) is 16.0 Å². The Hall–Kier alpha value is -4.61. The van der Waals surface area contributed by atoms with Crippen LogP contribution in [0, 0.1) is 18.3 Å². The van der Waals surface area contributed by atoms with E-state index in [0.717, 1.165) is 41.7 Å². The van der Waals surface area contributed by atoms with Crippen LogP contribution in [0.25, 0.3) is 0 Å². The number of hydrogen-bond donors (Lipinski definition) is 3. The van der Waals surface area contributed by atoms with Gasteiger partial charge in [-0.1, -0.05) is 43.3 Å². The summed E-state index contributed by atoms with van der Waals surface area (Å²) in [7, 11) is 0. The highest BCUT2D eigenvalue weighted by molar-refractivity contribution is 5.96. The molecule has 3 atom stereocenters. The summed E-state index contributed by atoms with van der Waals surface area (Å²) < 4.78 is 11.7. The number of aryl methyl sites for hydroxylation is 2. The van der Waals surface area contributed by atoms with Gasteiger partial charge in [0.1, 0.15) is 23.4 Å². The van der Waals surface area contributed by atoms with Gasteiger partial charge in [0.25, 0.3) is 0 Å². The van der Waals surface area contributed by atoms with E-state index in [1.165, 1.54) is 0 Å². The minimum absolute atomic E-state index is 0.226. The SMILES string of the molecule is Cc1ccc2cc1CNC(=O)[C@H](CCc1ccccc1)NC(=O)[C@@H](NC(=O)C1(C)CCN(C(=O)OC(C)(C)C)CC1)CC(=O)N1CCCC(CCO2)C1. The predicted octanol–water partition coefficient (Wildman–Crippen LogP) is 4.66. The normalized spacial score (nSPS) is 23.0. The number of rotatable bonds is 5. The molecule has 4 bridgehead atoms. The zero-order valence-electron chi connectivity index (χ0n) is 32.0. The first-order valence-corrected chi connectivity index (χ1v) is 19.1. The number of hydrogen-bond acceptors (Lipinski definition) is 7. The van der Waals surface area contributed by atoms with Crippen molar-refractivity contribution in [2.24, 2.45) is 11.3 Å². The van der Waals surface area contributed by atoms with Crippen molar-refractivity contribution in [1.82, 2.24) is 25.8 Å². The summed E-state index contributed by atoms with van der Waals surface area (Å²) in [5, 5.41) is 8.86. The van der Waals surface area contributed by atoms with Gasteiger partial charge in [0.15, 0.2) is 0 Å². The third kappa shape index (κ3) is 11.2. The van der Waals surface area contributed by atoms with Crippen LogP contribution in [0.15, 0.2) is 48.5 Å². The average molecular weight is 732 g/mol. The number of carbonyl (C=O) groups is 5. The van der Waals surface area contributed by atoms with Crippen LogP contribution in [0.3, 0.4) is 0 Å². The lowest BCUT2D eigenvalue weighted by molar-refractivity contribution is -0.140. The van der Waals surface area contributed by atoms with Crippen molar-refractivity contribution in [3.63, 3.8) is 0 Å². The molecule has 3 heterocycles. The highest BCUT2D eigenvalue weighted by Crippen LogP contribution is 2.32. The van der Waals surface area contributed by atoms with Crippen molar-refractivity contribution < 1.29 is 33.4 Å². The lowest BCUT2D eigenvalue weighted by atomic mass is 9.79. The maximum absolute atomic E-state index is 14.2. The van der Waals surface area contributed by atoms with E-state index in [0.29, 0.717) is 58.5 Å². The third-order valence-electron chi connectivity index (χ3n) is 10.7. The molecule has 0 aromatic heterocycles. The molecule has 0 aliphatic carbocycles. The molecule has 1 unspecified atom stereocenters. The molecular weight excluding hydrogens is 674 g/mol. The molecule has 53 heavy (non-hydrogen) atoms. The van der Waals surface area contributed by atoms with Gasteiger partial charge >= 0.3 is 6.09 Å². The molecule has 2 fully saturated rings. The lowest BCUT2D eigenvalue weighted by Gasteiger charge is -2.39. The molecule has 0 saturated carbocycles. The van der Waals surface area contributed by atoms with Crippen LogP contribution < -0.4 is 20.7 Å². The number of benzene rings is 2. The van der Waals surface area contributed by atoms with Gasteiger partial charge in [-0.25, -0.2) is 4.79 Å². The van der Waals surface area contributed by atoms with E-state index >= 15 is 0 Å². The molecule has 12 heteroatoms. The quantitative estimate of drug-likeness (QED) is 0.406. The Morgan fingerprint density at radius 3 is 2.45 bits per heavy atom. The topological polar surface area (TPSA) is 146 Å². The second kappa shape index (κ2) is 17.5. The summed E-state index contributed by atoms with van der Waals surface area (Å²) in [6.07, 6.45) is 3.47. The maximum atomic E-state index is 14.2. The fourth-order valence-corrected chi connectivity index (χ4v) is 7.18. The summed E-state index contributed by atoms with van der Waals surface area (Å²) in [6.45, 7) is 11.7. The van der Waals surface area contributed by atoms with Crippen LogP contribution in [0.4, 0.5) is 4.79 Å². The fourth-order valence-electron chi connectivity index (χ4n) is 7.18. The number of ether oxygens (including phenoxy) is 2. The van der Waals surface area contributed by atoms with Crippen LogP contribution in [0.5, 0.6) is 5.75 Å². The molecule has 3 aliphatic rings. The summed E-state index contributed by atoms with van der Waals surface area (Å²) in [5.74, 6) is -0.578. The van der Waals surface area contributed by atoms with Crippen LogP contribution in [0.2, 0.25) is 0 Å². The van der Waals surface area contributed by atoms with Gasteiger partial charge in [0.2, 0.25) is 23.6 Å². The van der Waals surface area contributed by atoms with Gasteiger partial charge in [0.05, 0.1) is 13.0 Å². The van der Waals surface area contributed by atoms with Gasteiger partial charge in [-0.05, 0) is 107 Å². The third-order valence-corrected chi connectivity index (χ3v) is 10.7. The summed E-state index contributed by atoms with van der Waals surface area (Å²) in [6, 6.07) is 13.4. The van der Waals surface area contributed by atoms with Crippen LogP contribution in [-0.4, -0.2) is 90.0 Å². The number of nitrogens with zero attached hydrogens (tertiary/aromatic N) is 2. The Kier molecular flexibility index (Phi) is 13.1. The Morgan fingerprint density at radius 1 is 1.00 bits per heavy atom. The van der Waals surface area contributed by atoms with Crippen molar-refractivity contribution in [2.45, 2.75) is 110 Å². The zero-order chi connectivity index (χ0) is 38.2. The Bertz CT molecular complexity index is 1620. The molecule has 0 radical (unpaired) electrons. The number of nitrogens with one attached hydrogen (secondary N) is 3. The smallest absolute Gasteiger partial charge is 0.410 e. The molecule has 2 aromatic carbocycles. The van der Waals surface area contributed by atoms with Crippen LogP contribution in [-0.2, 0) is 36.9 Å². The molecule has 2 saturated heterocycles. The van der Waals surface area contributed by atoms with Gasteiger partial charge in [0, 0.05) is 38.1 Å². The summed E-state index contributed by atoms with van der Waals surface area (Å²) in [5.41, 5.74) is 1.41. The van der Waals surface area contributed by atoms with Crippen molar-refractivity contribution in [2.75, 3.05) is 32.8 Å². The molecular formula is C41H57N5O7. The monoisotopic (exact) mass is 731 g/mol. The molecule has 5 rings (SSSR count). The molecule has 5 amide bonds. The summed E-state index contributed by atoms with van der Waals surface area (Å²) >= 11 is 0. The van der Waals surface area contributed by atoms with Gasteiger partial charge in [-0.2, -0.15) is 0 Å². The highest BCUT2D eigenvalue weighted by atomic mass is 16.6. The number of piperidine rings is 2.